The molecule has 0 atom stereocenters. The quantitative estimate of drug-likeness (QED) is 0.878. The van der Waals surface area contributed by atoms with Crippen molar-refractivity contribution in [1.82, 2.24) is 9.88 Å². The first-order chi connectivity index (χ1) is 10.1. The van der Waals surface area contributed by atoms with Gasteiger partial charge >= 0.3 is 0 Å². The van der Waals surface area contributed by atoms with E-state index in [-0.39, 0.29) is 11.9 Å². The maximum atomic E-state index is 12.5. The highest BCUT2D eigenvalue weighted by molar-refractivity contribution is 7.18. The molecule has 6 nitrogen and oxygen atoms in total. The lowest BCUT2D eigenvalue weighted by atomic mass is 9.92. The minimum Gasteiger partial charge on any atom is -0.382 e. The first-order valence-electron chi connectivity index (χ1n) is 7.60. The van der Waals surface area contributed by atoms with Gasteiger partial charge in [0.05, 0.1) is 0 Å². The van der Waals surface area contributed by atoms with Crippen molar-refractivity contribution in [2.75, 3.05) is 30.8 Å². The summed E-state index contributed by atoms with van der Waals surface area (Å²) in [6, 6.07) is 0.653. The number of aromatic nitrogens is 1. The Bertz CT molecular complexity index is 519. The molecule has 1 aliphatic carbocycles. The van der Waals surface area contributed by atoms with Crippen LogP contribution in [0.3, 0.4) is 0 Å². The number of hydrogen-bond donors (Lipinski definition) is 2. The van der Waals surface area contributed by atoms with Gasteiger partial charge in [0, 0.05) is 32.2 Å². The molecule has 0 radical (unpaired) electrons. The first-order valence-corrected chi connectivity index (χ1v) is 8.42. The van der Waals surface area contributed by atoms with Crippen LogP contribution in [0.15, 0.2) is 0 Å². The molecule has 21 heavy (non-hydrogen) atoms. The number of piperidine rings is 1. The highest BCUT2D eigenvalue weighted by atomic mass is 32.1. The van der Waals surface area contributed by atoms with Gasteiger partial charge < -0.3 is 21.3 Å². The van der Waals surface area contributed by atoms with Crippen LogP contribution < -0.4 is 16.4 Å². The molecule has 0 bridgehead atoms. The number of amides is 1. The van der Waals surface area contributed by atoms with Crippen molar-refractivity contribution in [1.29, 1.82) is 0 Å². The molecule has 1 saturated heterocycles. The molecule has 7 heteroatoms. The highest BCUT2D eigenvalue weighted by Crippen LogP contribution is 2.32. The number of hydrogen-bond acceptors (Lipinski definition) is 6. The Morgan fingerprint density at radius 2 is 2.00 bits per heavy atom. The molecule has 2 fully saturated rings. The largest absolute Gasteiger partial charge is 0.382 e. The van der Waals surface area contributed by atoms with Crippen LogP contribution in [0, 0.1) is 0 Å². The Morgan fingerprint density at radius 1 is 1.33 bits per heavy atom. The van der Waals surface area contributed by atoms with Crippen LogP contribution in [0.1, 0.15) is 41.8 Å². The van der Waals surface area contributed by atoms with Gasteiger partial charge in [-0.25, -0.2) is 4.98 Å². The fraction of sp³-hybridized carbons (Fsp3) is 0.714. The molecule has 2 aliphatic rings. The Balaban J connectivity index is 1.73. The lowest BCUT2D eigenvalue weighted by Gasteiger charge is -2.34. The Hall–Kier alpha value is -1.34. The van der Waals surface area contributed by atoms with Gasteiger partial charge in [-0.1, -0.05) is 11.3 Å². The monoisotopic (exact) mass is 309 g/mol. The molecule has 1 aliphatic heterocycles. The van der Waals surface area contributed by atoms with E-state index in [2.05, 4.69) is 9.88 Å². The van der Waals surface area contributed by atoms with Crippen molar-refractivity contribution in [3.63, 3.8) is 0 Å². The minimum absolute atomic E-state index is 0.00895. The lowest BCUT2D eigenvalue weighted by molar-refractivity contribution is 0.0658. The van der Waals surface area contributed by atoms with E-state index in [1.165, 1.54) is 17.8 Å². The molecule has 0 aromatic carbocycles. The van der Waals surface area contributed by atoms with E-state index < -0.39 is 0 Å². The van der Waals surface area contributed by atoms with Crippen LogP contribution in [-0.2, 0) is 0 Å². The second kappa shape index (κ2) is 5.81. The second-order valence-electron chi connectivity index (χ2n) is 6.04. The van der Waals surface area contributed by atoms with E-state index in [4.69, 9.17) is 11.5 Å². The van der Waals surface area contributed by atoms with Gasteiger partial charge in [0.25, 0.3) is 5.91 Å². The number of carbonyl (C=O) groups excluding carboxylic acids is 1. The molecule has 1 aromatic rings. The van der Waals surface area contributed by atoms with Gasteiger partial charge in [0.2, 0.25) is 0 Å². The Kier molecular flexibility index (Phi) is 4.03. The van der Waals surface area contributed by atoms with Gasteiger partial charge in [-0.2, -0.15) is 0 Å². The van der Waals surface area contributed by atoms with E-state index in [1.54, 1.807) is 0 Å². The number of anilines is 2. The summed E-state index contributed by atoms with van der Waals surface area (Å²) in [6.07, 6.45) is 5.32. The van der Waals surface area contributed by atoms with Crippen LogP contribution in [0.4, 0.5) is 10.9 Å². The summed E-state index contributed by atoms with van der Waals surface area (Å²) in [5.74, 6) is 0.371. The number of nitrogens with zero attached hydrogens (tertiary/aromatic N) is 3. The molecule has 1 aromatic heterocycles. The Morgan fingerprint density at radius 3 is 2.57 bits per heavy atom. The molecule has 1 saturated carbocycles. The van der Waals surface area contributed by atoms with Gasteiger partial charge in [0.1, 0.15) is 10.7 Å². The number of carbonyl (C=O) groups is 1. The van der Waals surface area contributed by atoms with Crippen molar-refractivity contribution < 1.29 is 4.79 Å². The van der Waals surface area contributed by atoms with Crippen molar-refractivity contribution in [3.8, 4) is 0 Å². The van der Waals surface area contributed by atoms with Crippen LogP contribution in [0.5, 0.6) is 0 Å². The number of rotatable bonds is 3. The molecular weight excluding hydrogens is 286 g/mol. The third-order valence-corrected chi connectivity index (χ3v) is 5.71. The third-order valence-electron chi connectivity index (χ3n) is 4.59. The van der Waals surface area contributed by atoms with Crippen LogP contribution in [0.2, 0.25) is 0 Å². The van der Waals surface area contributed by atoms with Gasteiger partial charge in [-0.3, -0.25) is 4.79 Å². The molecule has 116 valence electrons. The van der Waals surface area contributed by atoms with Gasteiger partial charge in [0.15, 0.2) is 5.13 Å². The van der Waals surface area contributed by atoms with Crippen LogP contribution >= 0.6 is 11.3 Å². The molecule has 3 rings (SSSR count). The zero-order valence-corrected chi connectivity index (χ0v) is 13.2. The fourth-order valence-corrected chi connectivity index (χ4v) is 3.82. The predicted octanol–water partition coefficient (Wildman–Crippen LogP) is 1.28. The normalized spacial score (nSPS) is 20.4. The van der Waals surface area contributed by atoms with Crippen molar-refractivity contribution in [3.05, 3.63) is 4.88 Å². The SMILES string of the molecule is CN(C(=O)c1sc(N2CCC(N)CC2)nc1N)C1CCC1. The van der Waals surface area contributed by atoms with Crippen LogP contribution in [-0.4, -0.2) is 48.0 Å². The number of nitrogens with two attached hydrogens (primary N) is 2. The standard InChI is InChI=1S/C14H23N5OS/c1-18(10-3-2-4-10)13(20)11-12(16)17-14(21-11)19-7-5-9(15)6-8-19/h9-10H,2-8,15-16H2,1H3. The summed E-state index contributed by atoms with van der Waals surface area (Å²) >= 11 is 1.41. The number of thiazole rings is 1. The predicted molar refractivity (Wildman–Crippen MR) is 85.7 cm³/mol. The molecule has 0 unspecified atom stereocenters. The van der Waals surface area contributed by atoms with E-state index >= 15 is 0 Å². The van der Waals surface area contributed by atoms with Crippen molar-refractivity contribution in [2.45, 2.75) is 44.2 Å². The minimum atomic E-state index is 0.00895. The topological polar surface area (TPSA) is 88.5 Å². The fourth-order valence-electron chi connectivity index (χ4n) is 2.80. The number of nitrogen functional groups attached to an aromatic ring is 1. The molecule has 1 amide bonds. The first kappa shape index (κ1) is 14.6. The maximum Gasteiger partial charge on any atom is 0.267 e. The van der Waals surface area contributed by atoms with E-state index in [0.717, 1.165) is 43.9 Å². The zero-order chi connectivity index (χ0) is 15.0. The van der Waals surface area contributed by atoms with E-state index in [1.807, 2.05) is 11.9 Å². The second-order valence-corrected chi connectivity index (χ2v) is 7.01. The summed E-state index contributed by atoms with van der Waals surface area (Å²) in [4.78, 5) is 21.5. The zero-order valence-electron chi connectivity index (χ0n) is 12.4. The third kappa shape index (κ3) is 2.85. The van der Waals surface area contributed by atoms with Crippen molar-refractivity contribution >= 4 is 28.2 Å². The molecule has 0 spiro atoms. The summed E-state index contributed by atoms with van der Waals surface area (Å²) in [6.45, 7) is 1.78. The molecule has 4 N–H and O–H groups in total. The maximum absolute atomic E-state index is 12.5. The van der Waals surface area contributed by atoms with E-state index in [9.17, 15) is 4.79 Å². The van der Waals surface area contributed by atoms with Gasteiger partial charge in [-0.15, -0.1) is 0 Å². The summed E-state index contributed by atoms with van der Waals surface area (Å²) in [7, 11) is 1.87. The highest BCUT2D eigenvalue weighted by Gasteiger charge is 2.30. The Labute approximate surface area is 129 Å². The molecular formula is C14H23N5OS. The molecule has 2 heterocycles. The van der Waals surface area contributed by atoms with Gasteiger partial charge in [-0.05, 0) is 32.1 Å². The van der Waals surface area contributed by atoms with Crippen molar-refractivity contribution in [2.24, 2.45) is 5.73 Å². The van der Waals surface area contributed by atoms with Crippen LogP contribution in [0.25, 0.3) is 0 Å². The average Bonchev–Trinajstić information content (AvgIpc) is 2.78. The smallest absolute Gasteiger partial charge is 0.267 e. The summed E-state index contributed by atoms with van der Waals surface area (Å²) < 4.78 is 0. The summed E-state index contributed by atoms with van der Waals surface area (Å²) in [5.41, 5.74) is 11.9. The average molecular weight is 309 g/mol. The summed E-state index contributed by atoms with van der Waals surface area (Å²) in [5, 5.41) is 0.852. The van der Waals surface area contributed by atoms with E-state index in [0.29, 0.717) is 16.7 Å². The lowest BCUT2D eigenvalue weighted by Crippen LogP contribution is -2.41.